The second kappa shape index (κ2) is 8.64. The molecule has 2 amide bonds. The van der Waals surface area contributed by atoms with E-state index in [1.165, 1.54) is 11.3 Å². The Morgan fingerprint density at radius 3 is 2.87 bits per heavy atom. The lowest BCUT2D eigenvalue weighted by Gasteiger charge is -2.19. The number of amides is 2. The summed E-state index contributed by atoms with van der Waals surface area (Å²) in [5.74, 6) is 0.589. The maximum atomic E-state index is 13.0. The Balaban J connectivity index is 1.53. The van der Waals surface area contributed by atoms with E-state index in [4.69, 9.17) is 14.1 Å². The van der Waals surface area contributed by atoms with Gasteiger partial charge >= 0.3 is 0 Å². The van der Waals surface area contributed by atoms with Crippen molar-refractivity contribution in [2.24, 2.45) is 7.05 Å². The molecular weight excluding hydrogens is 418 g/mol. The summed E-state index contributed by atoms with van der Waals surface area (Å²) >= 11 is 1.51. The molecule has 0 aliphatic heterocycles. The van der Waals surface area contributed by atoms with E-state index >= 15 is 0 Å². The molecule has 0 unspecified atom stereocenters. The molecule has 0 atom stereocenters. The molecule has 0 saturated heterocycles. The van der Waals surface area contributed by atoms with Crippen LogP contribution in [0.15, 0.2) is 16.7 Å². The molecule has 1 aliphatic rings. The van der Waals surface area contributed by atoms with Crippen LogP contribution in [0.2, 0.25) is 0 Å². The van der Waals surface area contributed by atoms with Crippen molar-refractivity contribution in [2.45, 2.75) is 26.7 Å². The Morgan fingerprint density at radius 1 is 1.35 bits per heavy atom. The van der Waals surface area contributed by atoms with E-state index in [0.29, 0.717) is 35.4 Å². The summed E-state index contributed by atoms with van der Waals surface area (Å²) in [4.78, 5) is 33.0. The molecule has 1 aliphatic carbocycles. The molecule has 9 nitrogen and oxygen atoms in total. The SMILES string of the molecule is COCCN(C(=O)CNC(=O)c1cc(C)oc1C)c1nc2c(s1)CCc1c-2cnn1C. The highest BCUT2D eigenvalue weighted by Crippen LogP contribution is 2.39. The Hall–Kier alpha value is -2.98. The van der Waals surface area contributed by atoms with Crippen molar-refractivity contribution >= 4 is 28.3 Å². The van der Waals surface area contributed by atoms with Crippen LogP contribution in [0.1, 0.15) is 32.4 Å². The summed E-state index contributed by atoms with van der Waals surface area (Å²) in [6.45, 7) is 4.07. The molecule has 4 rings (SSSR count). The first-order valence-corrected chi connectivity index (χ1v) is 10.9. The molecular formula is C21H25N5O4S. The second-order valence-electron chi connectivity index (χ2n) is 7.44. The minimum atomic E-state index is -0.340. The van der Waals surface area contributed by atoms with Crippen LogP contribution in [0.3, 0.4) is 0 Å². The predicted octanol–water partition coefficient (Wildman–Crippen LogP) is 2.26. The van der Waals surface area contributed by atoms with E-state index in [1.54, 1.807) is 31.9 Å². The van der Waals surface area contributed by atoms with Crippen molar-refractivity contribution in [1.82, 2.24) is 20.1 Å². The summed E-state index contributed by atoms with van der Waals surface area (Å²) in [7, 11) is 3.51. The number of methoxy groups -OCH3 is 1. The number of hydrogen-bond acceptors (Lipinski definition) is 7. The fourth-order valence-corrected chi connectivity index (χ4v) is 4.85. The number of nitrogens with one attached hydrogen (secondary N) is 1. The average Bonchev–Trinajstić information content (AvgIpc) is 3.42. The van der Waals surface area contributed by atoms with Crippen LogP contribution in [0.25, 0.3) is 11.3 Å². The zero-order valence-electron chi connectivity index (χ0n) is 18.0. The number of aryl methyl sites for hydroxylation is 4. The highest BCUT2D eigenvalue weighted by Gasteiger charge is 2.27. The number of anilines is 1. The van der Waals surface area contributed by atoms with Gasteiger partial charge in [0.1, 0.15) is 11.5 Å². The predicted molar refractivity (Wildman–Crippen MR) is 116 cm³/mol. The summed E-state index contributed by atoms with van der Waals surface area (Å²) in [5.41, 5.74) is 3.49. The molecule has 3 aromatic rings. The molecule has 164 valence electrons. The average molecular weight is 444 g/mol. The first kappa shape index (κ1) is 21.3. The van der Waals surface area contributed by atoms with E-state index in [-0.39, 0.29) is 18.4 Å². The molecule has 10 heteroatoms. The minimum absolute atomic E-state index is 0.144. The first-order valence-electron chi connectivity index (χ1n) is 10.0. The smallest absolute Gasteiger partial charge is 0.255 e. The number of hydrogen-bond donors (Lipinski definition) is 1. The number of rotatable bonds is 7. The third-order valence-corrected chi connectivity index (χ3v) is 6.47. The first-order chi connectivity index (χ1) is 14.9. The van der Waals surface area contributed by atoms with Crippen molar-refractivity contribution in [3.63, 3.8) is 0 Å². The number of aromatic nitrogens is 3. The van der Waals surface area contributed by atoms with Crippen molar-refractivity contribution in [3.05, 3.63) is 39.9 Å². The fourth-order valence-electron chi connectivity index (χ4n) is 3.74. The van der Waals surface area contributed by atoms with E-state index < -0.39 is 0 Å². The monoisotopic (exact) mass is 443 g/mol. The summed E-state index contributed by atoms with van der Waals surface area (Å²) in [6.07, 6.45) is 3.58. The third-order valence-electron chi connectivity index (χ3n) is 5.33. The van der Waals surface area contributed by atoms with Gasteiger partial charge in [-0.1, -0.05) is 0 Å². The molecule has 31 heavy (non-hydrogen) atoms. The minimum Gasteiger partial charge on any atom is -0.466 e. The van der Waals surface area contributed by atoms with Crippen LogP contribution < -0.4 is 10.2 Å². The number of thiazole rings is 1. The number of nitrogens with zero attached hydrogens (tertiary/aromatic N) is 4. The normalized spacial score (nSPS) is 12.4. The van der Waals surface area contributed by atoms with E-state index in [1.807, 2.05) is 17.9 Å². The van der Waals surface area contributed by atoms with Crippen LogP contribution in [0.5, 0.6) is 0 Å². The van der Waals surface area contributed by atoms with Gasteiger partial charge in [0.2, 0.25) is 5.91 Å². The van der Waals surface area contributed by atoms with Gasteiger partial charge in [-0.15, -0.1) is 11.3 Å². The van der Waals surface area contributed by atoms with Crippen molar-refractivity contribution in [1.29, 1.82) is 0 Å². The number of furan rings is 1. The summed E-state index contributed by atoms with van der Waals surface area (Å²) in [5, 5.41) is 7.65. The van der Waals surface area contributed by atoms with E-state index in [9.17, 15) is 9.59 Å². The molecule has 0 radical (unpaired) electrons. The van der Waals surface area contributed by atoms with Crippen LogP contribution in [0.4, 0.5) is 5.13 Å². The van der Waals surface area contributed by atoms with Gasteiger partial charge < -0.3 is 14.5 Å². The van der Waals surface area contributed by atoms with Gasteiger partial charge in [-0.3, -0.25) is 19.2 Å². The molecule has 0 fully saturated rings. The molecule has 0 bridgehead atoms. The third kappa shape index (κ3) is 4.13. The van der Waals surface area contributed by atoms with Crippen molar-refractivity contribution in [3.8, 4) is 11.3 Å². The molecule has 0 saturated carbocycles. The number of carbonyl (C=O) groups is 2. The van der Waals surface area contributed by atoms with E-state index in [2.05, 4.69) is 10.4 Å². The Morgan fingerprint density at radius 2 is 2.16 bits per heavy atom. The van der Waals surface area contributed by atoms with Crippen LogP contribution in [0, 0.1) is 13.8 Å². The zero-order chi connectivity index (χ0) is 22.1. The Bertz CT molecular complexity index is 1130. The standard InChI is InChI=1S/C21H25N5O4S/c1-12-9-14(13(2)30-12)20(28)22-11-18(27)26(7-8-29-4)21-24-19-15-10-23-25(3)16(15)5-6-17(19)31-21/h9-10H,5-8,11H2,1-4H3,(H,22,28). The van der Waals surface area contributed by atoms with Gasteiger partial charge in [-0.2, -0.15) is 5.10 Å². The lowest BCUT2D eigenvalue weighted by molar-refractivity contribution is -0.117. The quantitative estimate of drug-likeness (QED) is 0.601. The van der Waals surface area contributed by atoms with Gasteiger partial charge in [0.15, 0.2) is 5.13 Å². The second-order valence-corrected chi connectivity index (χ2v) is 8.51. The highest BCUT2D eigenvalue weighted by molar-refractivity contribution is 7.16. The zero-order valence-corrected chi connectivity index (χ0v) is 18.8. The molecule has 3 heterocycles. The Labute approximate surface area is 184 Å². The lowest BCUT2D eigenvalue weighted by atomic mass is 10.0. The number of fused-ring (bicyclic) bond motifs is 3. The molecule has 0 aromatic carbocycles. The number of carbonyl (C=O) groups excluding carboxylic acids is 2. The molecule has 0 spiro atoms. The largest absolute Gasteiger partial charge is 0.466 e. The Kier molecular flexibility index (Phi) is 5.92. The van der Waals surface area contributed by atoms with Crippen molar-refractivity contribution < 1.29 is 18.7 Å². The lowest BCUT2D eigenvalue weighted by Crippen LogP contribution is -2.41. The topological polar surface area (TPSA) is 102 Å². The van der Waals surface area contributed by atoms with Crippen LogP contribution >= 0.6 is 11.3 Å². The van der Waals surface area contributed by atoms with Gasteiger partial charge in [-0.05, 0) is 32.8 Å². The summed E-state index contributed by atoms with van der Waals surface area (Å²) in [6, 6.07) is 1.66. The summed E-state index contributed by atoms with van der Waals surface area (Å²) < 4.78 is 12.5. The maximum Gasteiger partial charge on any atom is 0.255 e. The van der Waals surface area contributed by atoms with Gasteiger partial charge in [0.25, 0.3) is 5.91 Å². The van der Waals surface area contributed by atoms with E-state index in [0.717, 1.165) is 34.7 Å². The fraction of sp³-hybridized carbons (Fsp3) is 0.429. The van der Waals surface area contributed by atoms with Gasteiger partial charge in [0.05, 0.1) is 37.2 Å². The molecule has 3 aromatic heterocycles. The van der Waals surface area contributed by atoms with Gasteiger partial charge in [-0.25, -0.2) is 4.98 Å². The van der Waals surface area contributed by atoms with Crippen molar-refractivity contribution in [2.75, 3.05) is 31.7 Å². The highest BCUT2D eigenvalue weighted by atomic mass is 32.1. The van der Waals surface area contributed by atoms with Crippen LogP contribution in [-0.2, 0) is 29.4 Å². The van der Waals surface area contributed by atoms with Crippen LogP contribution in [-0.4, -0.2) is 53.4 Å². The molecule has 1 N–H and O–H groups in total. The number of ether oxygens (including phenoxy) is 1. The van der Waals surface area contributed by atoms with Gasteiger partial charge in [0, 0.05) is 30.3 Å². The maximum absolute atomic E-state index is 13.0.